The normalized spacial score (nSPS) is 21.9. The van der Waals surface area contributed by atoms with Gasteiger partial charge in [0.15, 0.2) is 0 Å². The average molecular weight is 322 g/mol. The van der Waals surface area contributed by atoms with Crippen LogP contribution in [0.4, 0.5) is 0 Å². The maximum absolute atomic E-state index is 11.8. The van der Waals surface area contributed by atoms with Crippen LogP contribution in [-0.4, -0.2) is 53.2 Å². The minimum atomic E-state index is -0.290. The van der Waals surface area contributed by atoms with Gasteiger partial charge in [0, 0.05) is 32.1 Å². The number of carbonyl (C=O) groups excluding carboxylic acids is 1. The fourth-order valence-corrected chi connectivity index (χ4v) is 3.31. The Morgan fingerprint density at radius 1 is 1.41 bits per heavy atom. The molecule has 0 spiro atoms. The van der Waals surface area contributed by atoms with Gasteiger partial charge in [-0.15, -0.1) is 0 Å². The average Bonchev–Trinajstić information content (AvgIpc) is 2.86. The highest BCUT2D eigenvalue weighted by Crippen LogP contribution is 2.20. The first-order valence-electron chi connectivity index (χ1n) is 7.90. The molecule has 2 N–H and O–H groups in total. The molecule has 0 aromatic heterocycles. The number of nitrogens with one attached hydrogen (secondary N) is 1. The third-order valence-electron chi connectivity index (χ3n) is 4.02. The lowest BCUT2D eigenvalue weighted by molar-refractivity contribution is -0.121. The van der Waals surface area contributed by atoms with Crippen LogP contribution < -0.4 is 5.32 Å². The number of aliphatic hydroxyl groups is 1. The van der Waals surface area contributed by atoms with E-state index in [0.717, 1.165) is 25.1 Å². The van der Waals surface area contributed by atoms with Gasteiger partial charge in [0.1, 0.15) is 0 Å². The molecule has 2 atom stereocenters. The second-order valence-corrected chi connectivity index (χ2v) is 6.84. The minimum absolute atomic E-state index is 0.120. The number of benzene rings is 1. The van der Waals surface area contributed by atoms with Crippen LogP contribution in [-0.2, 0) is 11.3 Å². The summed E-state index contributed by atoms with van der Waals surface area (Å²) in [5.41, 5.74) is 1.24. The van der Waals surface area contributed by atoms with E-state index < -0.39 is 0 Å². The van der Waals surface area contributed by atoms with Crippen molar-refractivity contribution < 1.29 is 9.90 Å². The molecular weight excluding hydrogens is 296 g/mol. The van der Waals surface area contributed by atoms with Gasteiger partial charge in [0.25, 0.3) is 0 Å². The highest BCUT2D eigenvalue weighted by molar-refractivity contribution is 7.98. The molecule has 1 aromatic carbocycles. The van der Waals surface area contributed by atoms with E-state index in [1.807, 2.05) is 18.2 Å². The molecule has 1 heterocycles. The van der Waals surface area contributed by atoms with E-state index in [0.29, 0.717) is 19.5 Å². The van der Waals surface area contributed by atoms with Gasteiger partial charge < -0.3 is 10.4 Å². The number of likely N-dealkylation sites (tertiary alicyclic amines) is 1. The summed E-state index contributed by atoms with van der Waals surface area (Å²) in [4.78, 5) is 14.1. The summed E-state index contributed by atoms with van der Waals surface area (Å²) >= 11 is 1.77. The number of hydrogen-bond acceptors (Lipinski definition) is 4. The number of hydrogen-bond donors (Lipinski definition) is 2. The maximum Gasteiger partial charge on any atom is 0.220 e. The number of carbonyl (C=O) groups is 1. The van der Waals surface area contributed by atoms with Crippen LogP contribution in [0.3, 0.4) is 0 Å². The van der Waals surface area contributed by atoms with Crippen LogP contribution in [0.25, 0.3) is 0 Å². The molecule has 2 unspecified atom stereocenters. The fourth-order valence-electron chi connectivity index (χ4n) is 2.88. The molecular formula is C17H26N2O2S. The second kappa shape index (κ2) is 9.18. The summed E-state index contributed by atoms with van der Waals surface area (Å²) in [5, 5.41) is 12.9. The molecule has 22 heavy (non-hydrogen) atoms. The molecule has 0 radical (unpaired) electrons. The third-order valence-corrected chi connectivity index (χ3v) is 4.72. The smallest absolute Gasteiger partial charge is 0.220 e. The van der Waals surface area contributed by atoms with Gasteiger partial charge in [0.05, 0.1) is 6.10 Å². The Morgan fingerprint density at radius 3 is 2.91 bits per heavy atom. The molecule has 1 aliphatic rings. The Bertz CT molecular complexity index is 455. The number of rotatable bonds is 8. The first-order valence-corrected chi connectivity index (χ1v) is 9.30. The molecule has 2 rings (SSSR count). The molecule has 4 nitrogen and oxygen atoms in total. The first-order chi connectivity index (χ1) is 10.7. The van der Waals surface area contributed by atoms with Crippen LogP contribution in [0.2, 0.25) is 0 Å². The predicted octanol–water partition coefficient (Wildman–Crippen LogP) is 1.88. The zero-order valence-corrected chi connectivity index (χ0v) is 14.0. The van der Waals surface area contributed by atoms with E-state index in [2.05, 4.69) is 28.6 Å². The van der Waals surface area contributed by atoms with Crippen LogP contribution >= 0.6 is 11.8 Å². The molecule has 0 aliphatic carbocycles. The minimum Gasteiger partial charge on any atom is -0.392 e. The van der Waals surface area contributed by atoms with Gasteiger partial charge >= 0.3 is 0 Å². The van der Waals surface area contributed by atoms with Crippen LogP contribution in [0, 0.1) is 0 Å². The maximum atomic E-state index is 11.8. The Balaban J connectivity index is 1.79. The van der Waals surface area contributed by atoms with Crippen molar-refractivity contribution >= 4 is 17.7 Å². The monoisotopic (exact) mass is 322 g/mol. The number of amides is 1. The summed E-state index contributed by atoms with van der Waals surface area (Å²) in [7, 11) is 0. The van der Waals surface area contributed by atoms with Crippen LogP contribution in [0.5, 0.6) is 0 Å². The summed E-state index contributed by atoms with van der Waals surface area (Å²) in [6.45, 7) is 2.13. The van der Waals surface area contributed by atoms with E-state index in [-0.39, 0.29) is 18.1 Å². The zero-order valence-electron chi connectivity index (χ0n) is 13.2. The van der Waals surface area contributed by atoms with E-state index >= 15 is 0 Å². The molecule has 122 valence electrons. The first kappa shape index (κ1) is 17.3. The SMILES string of the molecule is CSCCCC(=O)NCC1CC(O)CN1Cc1ccccc1. The topological polar surface area (TPSA) is 52.6 Å². The number of nitrogens with zero attached hydrogens (tertiary/aromatic N) is 1. The Hall–Kier alpha value is -1.04. The van der Waals surface area contributed by atoms with Gasteiger partial charge in [-0.25, -0.2) is 0 Å². The van der Waals surface area contributed by atoms with Crippen molar-refractivity contribution in [2.75, 3.05) is 25.1 Å². The molecule has 1 amide bonds. The van der Waals surface area contributed by atoms with E-state index in [1.54, 1.807) is 11.8 Å². The van der Waals surface area contributed by atoms with E-state index in [1.165, 1.54) is 5.56 Å². The van der Waals surface area contributed by atoms with Crippen molar-refractivity contribution in [3.63, 3.8) is 0 Å². The van der Waals surface area contributed by atoms with Crippen molar-refractivity contribution in [2.45, 2.75) is 38.0 Å². The molecule has 0 saturated carbocycles. The van der Waals surface area contributed by atoms with Crippen LogP contribution in [0.15, 0.2) is 30.3 Å². The summed E-state index contributed by atoms with van der Waals surface area (Å²) < 4.78 is 0. The lowest BCUT2D eigenvalue weighted by atomic mass is 10.1. The molecule has 1 aliphatic heterocycles. The highest BCUT2D eigenvalue weighted by atomic mass is 32.2. The molecule has 0 bridgehead atoms. The van der Waals surface area contributed by atoms with Gasteiger partial charge in [-0.05, 0) is 30.4 Å². The summed E-state index contributed by atoms with van der Waals surface area (Å²) in [5.74, 6) is 1.14. The van der Waals surface area contributed by atoms with Gasteiger partial charge in [-0.2, -0.15) is 11.8 Å². The molecule has 1 fully saturated rings. The molecule has 1 aromatic rings. The number of β-amino-alcohol motifs (C(OH)–C–C–N with tert-alkyl or cyclic N) is 1. The lowest BCUT2D eigenvalue weighted by Gasteiger charge is -2.24. The fraction of sp³-hybridized carbons (Fsp3) is 0.588. The van der Waals surface area contributed by atoms with Crippen molar-refractivity contribution in [1.29, 1.82) is 0 Å². The Morgan fingerprint density at radius 2 is 2.18 bits per heavy atom. The van der Waals surface area contributed by atoms with E-state index in [4.69, 9.17) is 0 Å². The highest BCUT2D eigenvalue weighted by Gasteiger charge is 2.30. The lowest BCUT2D eigenvalue weighted by Crippen LogP contribution is -2.39. The van der Waals surface area contributed by atoms with E-state index in [9.17, 15) is 9.90 Å². The summed E-state index contributed by atoms with van der Waals surface area (Å²) in [6, 6.07) is 10.5. The Labute approximate surface area is 137 Å². The standard InChI is InChI=1S/C17H26N2O2S/c1-22-9-5-8-17(21)18-11-15-10-16(20)13-19(15)12-14-6-3-2-4-7-14/h2-4,6-7,15-16,20H,5,8-13H2,1H3,(H,18,21). The molecule has 5 heteroatoms. The van der Waals surface area contributed by atoms with Crippen molar-refractivity contribution in [2.24, 2.45) is 0 Å². The number of aliphatic hydroxyl groups excluding tert-OH is 1. The van der Waals surface area contributed by atoms with Crippen molar-refractivity contribution in [3.8, 4) is 0 Å². The largest absolute Gasteiger partial charge is 0.392 e. The van der Waals surface area contributed by atoms with Gasteiger partial charge in [-0.3, -0.25) is 9.69 Å². The summed E-state index contributed by atoms with van der Waals surface area (Å²) in [6.07, 6.45) is 4.02. The Kier molecular flexibility index (Phi) is 7.22. The van der Waals surface area contributed by atoms with Gasteiger partial charge in [-0.1, -0.05) is 30.3 Å². The predicted molar refractivity (Wildman–Crippen MR) is 91.9 cm³/mol. The molecule has 1 saturated heterocycles. The zero-order chi connectivity index (χ0) is 15.8. The van der Waals surface area contributed by atoms with Crippen molar-refractivity contribution in [1.82, 2.24) is 10.2 Å². The van der Waals surface area contributed by atoms with Crippen LogP contribution in [0.1, 0.15) is 24.8 Å². The van der Waals surface area contributed by atoms with Gasteiger partial charge in [0.2, 0.25) is 5.91 Å². The quantitative estimate of drug-likeness (QED) is 0.718. The van der Waals surface area contributed by atoms with Crippen molar-refractivity contribution in [3.05, 3.63) is 35.9 Å². The third kappa shape index (κ3) is 5.63. The number of thioether (sulfide) groups is 1. The second-order valence-electron chi connectivity index (χ2n) is 5.86.